The summed E-state index contributed by atoms with van der Waals surface area (Å²) in [5.41, 5.74) is -0.412. The van der Waals surface area contributed by atoms with Crippen LogP contribution < -0.4 is 5.56 Å². The Kier molecular flexibility index (Phi) is 0.932. The fourth-order valence-electron chi connectivity index (χ4n) is 0.456. The summed E-state index contributed by atoms with van der Waals surface area (Å²) in [4.78, 5) is 10.2. The number of nitrogens with one attached hydrogen (secondary N) is 1. The second kappa shape index (κ2) is 1.47. The average Bonchev–Trinajstić information content (AvgIpc) is 1.85. The Balaban J connectivity index is 3.35. The molecule has 0 unspecified atom stereocenters. The molecule has 0 aliphatic heterocycles. The lowest BCUT2D eigenvalue weighted by molar-refractivity contribution is 0.503. The van der Waals surface area contributed by atoms with E-state index in [0.29, 0.717) is 0 Å². The highest BCUT2D eigenvalue weighted by molar-refractivity contribution is 4.82. The van der Waals surface area contributed by atoms with Gasteiger partial charge in [-0.15, -0.1) is 0 Å². The van der Waals surface area contributed by atoms with Crippen molar-refractivity contribution in [3.8, 4) is 0 Å². The summed E-state index contributed by atoms with van der Waals surface area (Å²) in [5, 5.41) is 2.19. The van der Waals surface area contributed by atoms with Gasteiger partial charge in [0.05, 0.1) is 6.07 Å². The Bertz CT molecular complexity index is 214. The van der Waals surface area contributed by atoms with Crippen molar-refractivity contribution in [3.05, 3.63) is 22.4 Å². The first-order valence-corrected chi connectivity index (χ1v) is 2.11. The van der Waals surface area contributed by atoms with Crippen LogP contribution in [-0.2, 0) is 7.05 Å². The van der Waals surface area contributed by atoms with E-state index in [9.17, 15) is 9.18 Å². The number of hydrogen-bond acceptors (Lipinski definition) is 1. The molecule has 1 heterocycles. The first-order valence-electron chi connectivity index (χ1n) is 2.11. The molecule has 1 aromatic heterocycles. The summed E-state index contributed by atoms with van der Waals surface area (Å²) in [6.45, 7) is 0. The highest BCUT2D eigenvalue weighted by Gasteiger charge is 1.94. The minimum atomic E-state index is -0.546. The van der Waals surface area contributed by atoms with Gasteiger partial charge in [-0.2, -0.15) is 4.39 Å². The third-order valence-corrected chi connectivity index (χ3v) is 0.849. The van der Waals surface area contributed by atoms with Gasteiger partial charge in [-0.25, -0.2) is 0 Å². The Morgan fingerprint density at radius 2 is 2.50 bits per heavy atom. The number of rotatable bonds is 0. The van der Waals surface area contributed by atoms with Crippen molar-refractivity contribution < 1.29 is 4.39 Å². The van der Waals surface area contributed by atoms with Crippen LogP contribution in [0.5, 0.6) is 0 Å². The summed E-state index contributed by atoms with van der Waals surface area (Å²) in [6.07, 6.45) is 0. The third kappa shape index (κ3) is 0.641. The molecule has 1 N–H and O–H groups in total. The molecule has 0 radical (unpaired) electrons. The molecule has 3 nitrogen and oxygen atoms in total. The monoisotopic (exact) mass is 116 g/mol. The van der Waals surface area contributed by atoms with E-state index in [0.717, 1.165) is 10.7 Å². The molecule has 1 aromatic rings. The zero-order chi connectivity index (χ0) is 6.15. The van der Waals surface area contributed by atoms with Crippen LogP contribution in [0.1, 0.15) is 0 Å². The quantitative estimate of drug-likeness (QED) is 0.503. The van der Waals surface area contributed by atoms with Crippen LogP contribution in [0.4, 0.5) is 4.39 Å². The Morgan fingerprint density at radius 1 is 1.88 bits per heavy atom. The van der Waals surface area contributed by atoms with E-state index in [-0.39, 0.29) is 0 Å². The number of nitrogens with zero attached hydrogens (tertiary/aromatic N) is 1. The largest absolute Gasteiger partial charge is 0.268 e. The van der Waals surface area contributed by atoms with Gasteiger partial charge in [0.25, 0.3) is 5.56 Å². The lowest BCUT2D eigenvalue weighted by Crippen LogP contribution is -2.00. The lowest BCUT2D eigenvalue weighted by atomic mass is 10.7. The number of halogens is 1. The molecule has 0 saturated heterocycles. The van der Waals surface area contributed by atoms with Crippen LogP contribution in [0.3, 0.4) is 0 Å². The number of hydrogen-bond donors (Lipinski definition) is 1. The standard InChI is InChI=1S/C4H5FN2O/c1-7-3(5)2-4(8)6-7/h2H,1H3,(H,6,8). The maximum atomic E-state index is 12.1. The second-order valence-corrected chi connectivity index (χ2v) is 1.50. The van der Waals surface area contributed by atoms with Gasteiger partial charge < -0.3 is 0 Å². The van der Waals surface area contributed by atoms with Gasteiger partial charge in [0, 0.05) is 7.05 Å². The first kappa shape index (κ1) is 5.08. The molecule has 0 aromatic carbocycles. The Morgan fingerprint density at radius 3 is 2.62 bits per heavy atom. The van der Waals surface area contributed by atoms with E-state index in [1.807, 2.05) is 0 Å². The minimum absolute atomic E-state index is 0.412. The van der Waals surface area contributed by atoms with E-state index < -0.39 is 11.5 Å². The number of H-pyrrole nitrogens is 1. The van der Waals surface area contributed by atoms with E-state index in [1.165, 1.54) is 7.05 Å². The smallest absolute Gasteiger partial charge is 0.267 e. The van der Waals surface area contributed by atoms with Gasteiger partial charge in [0.1, 0.15) is 0 Å². The van der Waals surface area contributed by atoms with Gasteiger partial charge >= 0.3 is 0 Å². The van der Waals surface area contributed by atoms with Crippen molar-refractivity contribution in [1.29, 1.82) is 0 Å². The molecule has 0 fully saturated rings. The van der Waals surface area contributed by atoms with Gasteiger partial charge in [-0.1, -0.05) is 0 Å². The van der Waals surface area contributed by atoms with Crippen molar-refractivity contribution in [2.24, 2.45) is 7.05 Å². The van der Waals surface area contributed by atoms with E-state index in [4.69, 9.17) is 0 Å². The van der Waals surface area contributed by atoms with Crippen LogP contribution in [-0.4, -0.2) is 9.78 Å². The summed E-state index contributed by atoms with van der Waals surface area (Å²) in [7, 11) is 1.43. The molecule has 1 rings (SSSR count). The van der Waals surface area contributed by atoms with Crippen LogP contribution >= 0.6 is 0 Å². The Labute approximate surface area is 44.7 Å². The predicted octanol–water partition coefficient (Wildman–Crippen LogP) is -0.148. The zero-order valence-corrected chi connectivity index (χ0v) is 4.31. The van der Waals surface area contributed by atoms with Gasteiger partial charge in [0.2, 0.25) is 5.95 Å². The first-order chi connectivity index (χ1) is 3.70. The molecule has 0 bridgehead atoms. The molecular weight excluding hydrogens is 111 g/mol. The van der Waals surface area contributed by atoms with Crippen LogP contribution in [0.2, 0.25) is 0 Å². The summed E-state index contributed by atoms with van der Waals surface area (Å²) in [6, 6.07) is 0.889. The molecule has 0 aliphatic carbocycles. The van der Waals surface area contributed by atoms with Crippen molar-refractivity contribution in [2.75, 3.05) is 0 Å². The minimum Gasteiger partial charge on any atom is -0.268 e. The molecule has 0 amide bonds. The fourth-order valence-corrected chi connectivity index (χ4v) is 0.456. The molecular formula is C4H5FN2O. The highest BCUT2D eigenvalue weighted by atomic mass is 19.1. The molecule has 0 spiro atoms. The van der Waals surface area contributed by atoms with Crippen molar-refractivity contribution in [2.45, 2.75) is 0 Å². The molecule has 0 atom stereocenters. The lowest BCUT2D eigenvalue weighted by Gasteiger charge is -1.85. The van der Waals surface area contributed by atoms with Gasteiger partial charge in [0.15, 0.2) is 0 Å². The van der Waals surface area contributed by atoms with Crippen molar-refractivity contribution >= 4 is 0 Å². The average molecular weight is 116 g/mol. The SMILES string of the molecule is Cn1[nH]c(=O)cc1F. The molecule has 0 aliphatic rings. The topological polar surface area (TPSA) is 37.8 Å². The van der Waals surface area contributed by atoms with Crippen molar-refractivity contribution in [3.63, 3.8) is 0 Å². The van der Waals surface area contributed by atoms with Gasteiger partial charge in [-0.3, -0.25) is 14.6 Å². The molecule has 0 saturated carbocycles. The van der Waals surface area contributed by atoms with E-state index >= 15 is 0 Å². The summed E-state index contributed by atoms with van der Waals surface area (Å²) in [5.74, 6) is -0.546. The number of aryl methyl sites for hydroxylation is 1. The zero-order valence-electron chi connectivity index (χ0n) is 4.31. The maximum Gasteiger partial charge on any atom is 0.267 e. The van der Waals surface area contributed by atoms with Crippen molar-refractivity contribution in [1.82, 2.24) is 9.78 Å². The highest BCUT2D eigenvalue weighted by Crippen LogP contribution is 1.83. The number of aromatic nitrogens is 2. The van der Waals surface area contributed by atoms with Crippen LogP contribution in [0.15, 0.2) is 10.9 Å². The van der Waals surface area contributed by atoms with E-state index in [2.05, 4.69) is 5.10 Å². The molecule has 4 heteroatoms. The second-order valence-electron chi connectivity index (χ2n) is 1.50. The summed E-state index contributed by atoms with van der Waals surface area (Å²) < 4.78 is 13.1. The normalized spacial score (nSPS) is 9.75. The fraction of sp³-hybridized carbons (Fsp3) is 0.250. The van der Waals surface area contributed by atoms with Crippen LogP contribution in [0, 0.1) is 5.95 Å². The predicted molar refractivity (Wildman–Crippen MR) is 26.0 cm³/mol. The van der Waals surface area contributed by atoms with Crippen LogP contribution in [0.25, 0.3) is 0 Å². The Hall–Kier alpha value is -1.06. The molecule has 44 valence electrons. The molecule has 8 heavy (non-hydrogen) atoms. The maximum absolute atomic E-state index is 12.1. The van der Waals surface area contributed by atoms with Gasteiger partial charge in [-0.05, 0) is 0 Å². The van der Waals surface area contributed by atoms with E-state index in [1.54, 1.807) is 0 Å². The number of aromatic amines is 1. The summed E-state index contributed by atoms with van der Waals surface area (Å²) >= 11 is 0. The third-order valence-electron chi connectivity index (χ3n) is 0.849.